The van der Waals surface area contributed by atoms with E-state index in [1.807, 2.05) is 19.9 Å². The fourth-order valence-corrected chi connectivity index (χ4v) is 9.34. The van der Waals surface area contributed by atoms with Crippen molar-refractivity contribution < 1.29 is 84.8 Å². The molecule has 15 N–H and O–H groups in total. The number of esters is 2. The van der Waals surface area contributed by atoms with E-state index in [1.54, 1.807) is 65.0 Å². The van der Waals surface area contributed by atoms with Crippen LogP contribution in [0.1, 0.15) is 145 Å². The quantitative estimate of drug-likeness (QED) is 0.0333. The van der Waals surface area contributed by atoms with Gasteiger partial charge in [0, 0.05) is 68.4 Å². The van der Waals surface area contributed by atoms with Crippen molar-refractivity contribution in [2.24, 2.45) is 46.0 Å². The molecule has 0 aromatic heterocycles. The number of hydrogen-bond acceptors (Lipinski definition) is 17. The van der Waals surface area contributed by atoms with Crippen LogP contribution < -0.4 is 11.5 Å². The Morgan fingerprint density at radius 1 is 0.787 bits per heavy atom. The number of hydrogen-bond donors (Lipinski definition) is 13. The Hall–Kier alpha value is -4.06. The molecule has 2 aliphatic heterocycles. The molecule has 20 nitrogen and oxygen atoms in total. The minimum absolute atomic E-state index is 0.0618. The molecular formula is C55H93N3O17. The van der Waals surface area contributed by atoms with Gasteiger partial charge in [0.15, 0.2) is 11.7 Å². The Bertz CT molecular complexity index is 1910. The van der Waals surface area contributed by atoms with E-state index < -0.39 is 128 Å². The normalized spacial score (nSPS) is 38.0. The molecule has 0 saturated carbocycles. The minimum Gasteiger partial charge on any atom is -0.481 e. The smallest absolute Gasteiger partial charge is 0.334 e. The van der Waals surface area contributed by atoms with Gasteiger partial charge in [-0.2, -0.15) is 0 Å². The van der Waals surface area contributed by atoms with Gasteiger partial charge in [-0.3, -0.25) is 14.6 Å². The van der Waals surface area contributed by atoms with E-state index in [2.05, 4.69) is 17.1 Å². The van der Waals surface area contributed by atoms with Crippen molar-refractivity contribution >= 4 is 23.9 Å². The number of aliphatic hydroxyl groups is 10. The summed E-state index contributed by atoms with van der Waals surface area (Å²) in [5.74, 6) is -7.78. The summed E-state index contributed by atoms with van der Waals surface area (Å²) in [7, 11) is 0. The van der Waals surface area contributed by atoms with Crippen molar-refractivity contribution in [1.82, 2.24) is 0 Å². The van der Waals surface area contributed by atoms with Crippen LogP contribution in [0, 0.1) is 29.6 Å². The van der Waals surface area contributed by atoms with Crippen molar-refractivity contribution in [3.8, 4) is 0 Å². The fourth-order valence-electron chi connectivity index (χ4n) is 9.34. The van der Waals surface area contributed by atoms with Gasteiger partial charge in [0.1, 0.15) is 24.7 Å². The number of aliphatic imine (C=N–C) groups is 1. The van der Waals surface area contributed by atoms with Crippen molar-refractivity contribution in [3.63, 3.8) is 0 Å². The average Bonchev–Trinajstić information content (AvgIpc) is 3.31. The summed E-state index contributed by atoms with van der Waals surface area (Å²) < 4.78 is 17.5. The number of carboxylic acids is 1. The third kappa shape index (κ3) is 25.3. The molecule has 2 rings (SSSR count). The Balaban J connectivity index is 2.45. The number of carboxylic acid groups (broad SMARTS) is 1. The zero-order chi connectivity index (χ0) is 56.6. The van der Waals surface area contributed by atoms with Crippen LogP contribution in [0.15, 0.2) is 64.7 Å². The SMILES string of the molecule is C/C1=C\C=C\[C@H](C)[C@@H](O)C[C@H](O)[C@@H](C)[C@H](O)CC[C@H](C)[C@@H](O)C[C@@]2(O)O[C@@H](C[C@@H](OC(=O)CC(=O)O)C[C@H](O)C[C@@H](O)C[C@H](O)/C(C)=C/C=C/[C@@H](C)[C@H]([C@@H](C)CCC/C=C/CCCN=C(N)N)OC1=O)C[C@@H](O)[C@@H]2O. The molecule has 1 fully saturated rings. The van der Waals surface area contributed by atoms with Crippen LogP contribution in [0.25, 0.3) is 0 Å². The Labute approximate surface area is 443 Å². The number of allylic oxidation sites excluding steroid dienone is 6. The van der Waals surface area contributed by atoms with Gasteiger partial charge in [-0.05, 0) is 82.6 Å². The standard InChI is InChI=1S/C55H93N3O17/c1-32-17-14-19-36(5)51(35(4)16-12-10-8-9-11-13-23-58-54(56)57)74-53(71)37(6)20-15-18-33(2)45(63)29-46(64)38(7)43(61)22-21-34(3)48(66)31-55(72)52(70)47(65)28-42(75-55)27-41(73-50(69)30-49(67)68)25-39(59)24-40(60)26-44(32)62/h8-9,14-15,17-20,33-36,38-48,51-52,59-66,70,72H,10-13,16,21-31H2,1-7H3,(H,67,68)(H4,56,57,58)/b9-8+,18-15+,19-14+,32-17+,37-20+/t33-,34-,35-,36+,38-,39+,40+,41-,42-,43+,44-,45-,46-,47+,48-,51-,52-,55+/m0/s1. The molecule has 2 bridgehead atoms. The fraction of sp³-hybridized carbons (Fsp3) is 0.745. The van der Waals surface area contributed by atoms with E-state index in [-0.39, 0.29) is 69.2 Å². The van der Waals surface area contributed by atoms with Gasteiger partial charge in [-0.15, -0.1) is 0 Å². The maximum Gasteiger partial charge on any atom is 0.334 e. The molecule has 2 heterocycles. The molecule has 0 aliphatic carbocycles. The van der Waals surface area contributed by atoms with Crippen LogP contribution in [-0.4, -0.2) is 166 Å². The summed E-state index contributed by atoms with van der Waals surface area (Å²) in [5.41, 5.74) is 11.6. The molecule has 1 saturated heterocycles. The summed E-state index contributed by atoms with van der Waals surface area (Å²) in [6, 6.07) is 0. The first-order chi connectivity index (χ1) is 35.1. The number of ether oxygens (including phenoxy) is 3. The van der Waals surface area contributed by atoms with Crippen molar-refractivity contribution in [3.05, 3.63) is 59.8 Å². The molecule has 75 heavy (non-hydrogen) atoms. The number of rotatable bonds is 12. The molecule has 430 valence electrons. The number of aliphatic carboxylic acids is 1. The summed E-state index contributed by atoms with van der Waals surface area (Å²) in [6.07, 6.45) is 0.718. The second-order valence-electron chi connectivity index (χ2n) is 21.4. The molecule has 0 amide bonds. The molecule has 0 aromatic carbocycles. The zero-order valence-electron chi connectivity index (χ0n) is 45.2. The van der Waals surface area contributed by atoms with Crippen LogP contribution in [0.3, 0.4) is 0 Å². The van der Waals surface area contributed by atoms with Gasteiger partial charge in [0.05, 0.1) is 54.9 Å². The first kappa shape index (κ1) is 67.1. The topological polar surface area (TPSA) is 366 Å². The summed E-state index contributed by atoms with van der Waals surface area (Å²) >= 11 is 0. The average molecular weight is 1070 g/mol. The highest BCUT2D eigenvalue weighted by atomic mass is 16.7. The number of aliphatic hydroxyl groups excluding tert-OH is 9. The number of fused-ring (bicyclic) bond motifs is 2. The maximum absolute atomic E-state index is 13.6. The summed E-state index contributed by atoms with van der Waals surface area (Å²) in [6.45, 7) is 12.8. The highest BCUT2D eigenvalue weighted by Crippen LogP contribution is 2.36. The van der Waals surface area contributed by atoms with Gasteiger partial charge in [-0.25, -0.2) is 4.79 Å². The van der Waals surface area contributed by atoms with E-state index >= 15 is 0 Å². The largest absolute Gasteiger partial charge is 0.481 e. The lowest BCUT2D eigenvalue weighted by molar-refractivity contribution is -0.333. The lowest BCUT2D eigenvalue weighted by Crippen LogP contribution is -2.60. The predicted octanol–water partition coefficient (Wildman–Crippen LogP) is 3.11. The van der Waals surface area contributed by atoms with Crippen LogP contribution in [0.2, 0.25) is 0 Å². The van der Waals surface area contributed by atoms with E-state index in [0.29, 0.717) is 17.7 Å². The number of cyclic esters (lactones) is 1. The lowest BCUT2D eigenvalue weighted by atomic mass is 9.84. The van der Waals surface area contributed by atoms with Crippen molar-refractivity contribution in [2.45, 2.75) is 224 Å². The summed E-state index contributed by atoms with van der Waals surface area (Å²) in [4.78, 5) is 41.5. The van der Waals surface area contributed by atoms with Crippen LogP contribution in [0.5, 0.6) is 0 Å². The van der Waals surface area contributed by atoms with Crippen LogP contribution in [-0.2, 0) is 28.6 Å². The van der Waals surface area contributed by atoms with E-state index in [1.165, 1.54) is 0 Å². The Kier molecular flexibility index (Phi) is 30.4. The van der Waals surface area contributed by atoms with Gasteiger partial charge in [0.25, 0.3) is 0 Å². The molecule has 18 atom stereocenters. The van der Waals surface area contributed by atoms with E-state index in [9.17, 15) is 70.6 Å². The second-order valence-corrected chi connectivity index (χ2v) is 21.4. The number of carbonyl (C=O) groups is 3. The number of guanidine groups is 1. The van der Waals surface area contributed by atoms with Gasteiger partial charge in [0.2, 0.25) is 0 Å². The van der Waals surface area contributed by atoms with E-state index in [4.69, 9.17) is 25.7 Å². The van der Waals surface area contributed by atoms with Gasteiger partial charge < -0.3 is 81.8 Å². The highest BCUT2D eigenvalue weighted by Gasteiger charge is 2.50. The Morgan fingerprint density at radius 2 is 1.41 bits per heavy atom. The molecular weight excluding hydrogens is 975 g/mol. The monoisotopic (exact) mass is 1070 g/mol. The number of unbranched alkanes of at least 4 members (excludes halogenated alkanes) is 2. The third-order valence-electron chi connectivity index (χ3n) is 14.5. The predicted molar refractivity (Wildman–Crippen MR) is 282 cm³/mol. The van der Waals surface area contributed by atoms with Gasteiger partial charge >= 0.3 is 17.9 Å². The molecule has 0 spiro atoms. The highest BCUT2D eigenvalue weighted by molar-refractivity contribution is 5.90. The van der Waals surface area contributed by atoms with E-state index in [0.717, 1.165) is 32.1 Å². The minimum atomic E-state index is -2.52. The molecule has 2 aliphatic rings. The lowest BCUT2D eigenvalue weighted by Gasteiger charge is -2.45. The van der Waals surface area contributed by atoms with Crippen LogP contribution >= 0.6 is 0 Å². The number of carbonyl (C=O) groups excluding carboxylic acids is 2. The molecule has 0 radical (unpaired) electrons. The summed E-state index contributed by atoms with van der Waals surface area (Å²) in [5, 5.41) is 120. The molecule has 20 heteroatoms. The third-order valence-corrected chi connectivity index (χ3v) is 14.5. The van der Waals surface area contributed by atoms with Crippen molar-refractivity contribution in [1.29, 1.82) is 0 Å². The number of nitrogens with two attached hydrogens (primary N) is 2. The first-order valence-corrected chi connectivity index (χ1v) is 26.7. The maximum atomic E-state index is 13.6. The zero-order valence-corrected chi connectivity index (χ0v) is 45.2. The number of nitrogens with zero attached hydrogens (tertiary/aromatic N) is 1. The Morgan fingerprint density at radius 3 is 2.07 bits per heavy atom. The van der Waals surface area contributed by atoms with Gasteiger partial charge in [-0.1, -0.05) is 83.2 Å². The first-order valence-electron chi connectivity index (χ1n) is 26.7. The van der Waals surface area contributed by atoms with Crippen molar-refractivity contribution in [2.75, 3.05) is 6.54 Å². The molecule has 0 aromatic rings. The molecule has 0 unspecified atom stereocenters. The van der Waals surface area contributed by atoms with Crippen LogP contribution in [0.4, 0.5) is 0 Å². The second kappa shape index (κ2) is 34.0.